The number of ether oxygens (including phenoxy) is 3. The molecule has 1 aliphatic rings. The van der Waals surface area contributed by atoms with Crippen LogP contribution < -0.4 is 10.1 Å². The van der Waals surface area contributed by atoms with Crippen molar-refractivity contribution in [3.8, 4) is 11.4 Å². The average Bonchev–Trinajstić information content (AvgIpc) is 3.20. The summed E-state index contributed by atoms with van der Waals surface area (Å²) in [6.45, 7) is 10.1. The van der Waals surface area contributed by atoms with Crippen LogP contribution in [0.4, 0.5) is 4.79 Å². The Balaban J connectivity index is 1.51. The molecule has 0 spiro atoms. The Bertz CT molecular complexity index is 1390. The lowest BCUT2D eigenvalue weighted by Crippen LogP contribution is -2.34. The number of hydrogen-bond donors (Lipinski definition) is 1. The molecule has 1 amide bonds. The number of nitrogens with zero attached hydrogens (tertiary/aromatic N) is 4. The molecule has 0 unspecified atom stereocenters. The van der Waals surface area contributed by atoms with Gasteiger partial charge in [0.2, 0.25) is 0 Å². The van der Waals surface area contributed by atoms with Gasteiger partial charge < -0.3 is 19.5 Å². The van der Waals surface area contributed by atoms with Crippen LogP contribution in [-0.4, -0.2) is 64.3 Å². The van der Waals surface area contributed by atoms with E-state index in [9.17, 15) is 9.59 Å². The van der Waals surface area contributed by atoms with Crippen LogP contribution in [0, 0.1) is 6.92 Å². The summed E-state index contributed by atoms with van der Waals surface area (Å²) in [6.07, 6.45) is -0.278. The van der Waals surface area contributed by atoms with Crippen molar-refractivity contribution < 1.29 is 23.8 Å². The molecule has 2 aromatic carbocycles. The largest absolute Gasteiger partial charge is 0.491 e. The smallest absolute Gasteiger partial charge is 0.407 e. The molecule has 1 atom stereocenters. The fourth-order valence-corrected chi connectivity index (χ4v) is 4.40. The van der Waals surface area contributed by atoms with Crippen LogP contribution in [-0.2, 0) is 14.3 Å². The van der Waals surface area contributed by atoms with E-state index in [0.717, 1.165) is 16.8 Å². The molecule has 4 rings (SSSR count). The van der Waals surface area contributed by atoms with E-state index in [-0.39, 0.29) is 12.2 Å². The van der Waals surface area contributed by atoms with Crippen molar-refractivity contribution in [2.75, 3.05) is 26.4 Å². The Kier molecular flexibility index (Phi) is 9.21. The van der Waals surface area contributed by atoms with Crippen LogP contribution in [0.5, 0.6) is 5.75 Å². The molecule has 0 saturated carbocycles. The third kappa shape index (κ3) is 7.45. The highest BCUT2D eigenvalue weighted by molar-refractivity contribution is 6.30. The summed E-state index contributed by atoms with van der Waals surface area (Å²) in [5.41, 5.74) is 2.67. The number of halogens is 1. The van der Waals surface area contributed by atoms with Gasteiger partial charge in [0.25, 0.3) is 0 Å². The van der Waals surface area contributed by atoms with E-state index in [1.54, 1.807) is 6.92 Å². The van der Waals surface area contributed by atoms with Gasteiger partial charge in [-0.25, -0.2) is 4.79 Å². The predicted molar refractivity (Wildman–Crippen MR) is 152 cm³/mol. The first-order valence-corrected chi connectivity index (χ1v) is 13.5. The molecule has 3 aromatic rings. The number of nitrogens with one attached hydrogen (secondary N) is 1. The van der Waals surface area contributed by atoms with Crippen LogP contribution in [0.15, 0.2) is 47.5 Å². The van der Waals surface area contributed by atoms with Gasteiger partial charge in [-0.1, -0.05) is 23.7 Å². The van der Waals surface area contributed by atoms with E-state index < -0.39 is 17.7 Å². The maximum atomic E-state index is 12.2. The van der Waals surface area contributed by atoms with E-state index in [2.05, 4.69) is 15.5 Å². The van der Waals surface area contributed by atoms with Gasteiger partial charge in [-0.05, 0) is 65.0 Å². The standard InChI is InChI=1S/C29H34ClN5O5/c1-18(36)16-24-27-34-33-19(2)35(27)25-11-10-22(17-23(25)26(32-24)20-6-8-21(30)9-7-20)39-15-14-38-13-12-31-28(37)40-29(3,4)5/h6-11,17,24H,12-16H2,1-5H3,(H,31,37)/t24-/m0/s1. The van der Waals surface area contributed by atoms with E-state index in [1.165, 1.54) is 0 Å². The molecule has 40 heavy (non-hydrogen) atoms. The number of aromatic nitrogens is 3. The maximum absolute atomic E-state index is 12.2. The Morgan fingerprint density at radius 2 is 1.80 bits per heavy atom. The molecule has 2 heterocycles. The molecular weight excluding hydrogens is 534 g/mol. The highest BCUT2D eigenvalue weighted by Crippen LogP contribution is 2.34. The van der Waals surface area contributed by atoms with Crippen molar-refractivity contribution in [2.24, 2.45) is 4.99 Å². The molecule has 0 radical (unpaired) electrons. The number of Topliss-reactive ketones (excluding diaryl/α,β-unsaturated/α-hetero) is 1. The predicted octanol–water partition coefficient (Wildman–Crippen LogP) is 5.02. The third-order valence-corrected chi connectivity index (χ3v) is 6.16. The van der Waals surface area contributed by atoms with Crippen LogP contribution in [0.2, 0.25) is 5.02 Å². The van der Waals surface area contributed by atoms with E-state index in [0.29, 0.717) is 54.5 Å². The van der Waals surface area contributed by atoms with E-state index >= 15 is 0 Å². The minimum Gasteiger partial charge on any atom is -0.491 e. The van der Waals surface area contributed by atoms with Crippen molar-refractivity contribution >= 4 is 29.2 Å². The van der Waals surface area contributed by atoms with Gasteiger partial charge in [-0.15, -0.1) is 10.2 Å². The highest BCUT2D eigenvalue weighted by Gasteiger charge is 2.29. The van der Waals surface area contributed by atoms with Crippen LogP contribution in [0.3, 0.4) is 0 Å². The number of carbonyl (C=O) groups excluding carboxylic acids is 2. The fraction of sp³-hybridized carbons (Fsp3) is 0.414. The zero-order valence-electron chi connectivity index (χ0n) is 23.4. The molecule has 1 N–H and O–H groups in total. The number of alkyl carbamates (subject to hydrolysis) is 1. The van der Waals surface area contributed by atoms with Crippen molar-refractivity contribution in [3.63, 3.8) is 0 Å². The summed E-state index contributed by atoms with van der Waals surface area (Å²) in [7, 11) is 0. The number of rotatable bonds is 10. The number of hydrogen-bond acceptors (Lipinski definition) is 8. The SMILES string of the molecule is CC(=O)C[C@@H]1N=C(c2ccc(Cl)cc2)c2cc(OCCOCCNC(=O)OC(C)(C)C)ccc2-n2c(C)nnc21. The number of benzene rings is 2. The molecule has 11 heteroatoms. The Morgan fingerprint density at radius 3 is 2.50 bits per heavy atom. The van der Waals surface area contributed by atoms with Gasteiger partial charge in [-0.2, -0.15) is 0 Å². The monoisotopic (exact) mass is 567 g/mol. The first-order valence-electron chi connectivity index (χ1n) is 13.1. The minimum absolute atomic E-state index is 0.00711. The normalized spacial score (nSPS) is 14.4. The molecule has 0 fully saturated rings. The van der Waals surface area contributed by atoms with Crippen molar-refractivity contribution in [3.05, 3.63) is 70.3 Å². The summed E-state index contributed by atoms with van der Waals surface area (Å²) < 4.78 is 18.7. The second-order valence-electron chi connectivity index (χ2n) is 10.4. The minimum atomic E-state index is -0.548. The van der Waals surface area contributed by atoms with E-state index in [1.807, 2.05) is 74.7 Å². The number of aliphatic imine (C=N–C) groups is 1. The molecule has 212 valence electrons. The topological polar surface area (TPSA) is 117 Å². The Morgan fingerprint density at radius 1 is 1.05 bits per heavy atom. The summed E-state index contributed by atoms with van der Waals surface area (Å²) in [5, 5.41) is 11.9. The second kappa shape index (κ2) is 12.6. The first-order chi connectivity index (χ1) is 19.0. The Hall–Kier alpha value is -3.76. The quantitative estimate of drug-likeness (QED) is 0.342. The number of amides is 1. The second-order valence-corrected chi connectivity index (χ2v) is 10.9. The average molecular weight is 568 g/mol. The van der Waals surface area contributed by atoms with Gasteiger partial charge in [-0.3, -0.25) is 14.4 Å². The molecule has 1 aliphatic heterocycles. The van der Waals surface area contributed by atoms with Gasteiger partial charge in [0.05, 0.1) is 24.6 Å². The van der Waals surface area contributed by atoms with Crippen molar-refractivity contribution in [1.82, 2.24) is 20.1 Å². The molecule has 10 nitrogen and oxygen atoms in total. The lowest BCUT2D eigenvalue weighted by Gasteiger charge is -2.19. The lowest BCUT2D eigenvalue weighted by atomic mass is 10.00. The van der Waals surface area contributed by atoms with Gasteiger partial charge >= 0.3 is 6.09 Å². The first kappa shape index (κ1) is 29.2. The molecular formula is C29H34ClN5O5. The lowest BCUT2D eigenvalue weighted by molar-refractivity contribution is -0.117. The number of aryl methyl sites for hydroxylation is 1. The number of fused-ring (bicyclic) bond motifs is 3. The summed E-state index contributed by atoms with van der Waals surface area (Å²) in [6, 6.07) is 12.7. The summed E-state index contributed by atoms with van der Waals surface area (Å²) >= 11 is 6.16. The molecule has 0 bridgehead atoms. The molecule has 0 saturated heterocycles. The van der Waals surface area contributed by atoms with Gasteiger partial charge in [0, 0.05) is 29.1 Å². The van der Waals surface area contributed by atoms with Crippen LogP contribution >= 0.6 is 11.6 Å². The van der Waals surface area contributed by atoms with Crippen molar-refractivity contribution in [2.45, 2.75) is 52.7 Å². The van der Waals surface area contributed by atoms with Crippen LogP contribution in [0.1, 0.15) is 62.9 Å². The third-order valence-electron chi connectivity index (χ3n) is 5.91. The molecule has 1 aromatic heterocycles. The zero-order chi connectivity index (χ0) is 28.9. The number of ketones is 1. The van der Waals surface area contributed by atoms with Crippen LogP contribution in [0.25, 0.3) is 5.69 Å². The Labute approximate surface area is 238 Å². The summed E-state index contributed by atoms with van der Waals surface area (Å²) in [4.78, 5) is 28.9. The van der Waals surface area contributed by atoms with Crippen molar-refractivity contribution in [1.29, 1.82) is 0 Å². The molecule has 0 aliphatic carbocycles. The summed E-state index contributed by atoms with van der Waals surface area (Å²) in [5.74, 6) is 1.94. The van der Waals surface area contributed by atoms with E-state index in [4.69, 9.17) is 30.8 Å². The fourth-order valence-electron chi connectivity index (χ4n) is 4.27. The van der Waals surface area contributed by atoms with Gasteiger partial charge in [0.1, 0.15) is 35.6 Å². The number of carbonyl (C=O) groups is 2. The maximum Gasteiger partial charge on any atom is 0.407 e. The van der Waals surface area contributed by atoms with Gasteiger partial charge in [0.15, 0.2) is 5.82 Å². The zero-order valence-corrected chi connectivity index (χ0v) is 24.1. The highest BCUT2D eigenvalue weighted by atomic mass is 35.5.